The molecule has 1 atom stereocenters. The first-order valence-electron chi connectivity index (χ1n) is 8.43. The molecule has 0 aromatic heterocycles. The van der Waals surface area contributed by atoms with Crippen LogP contribution in [0.2, 0.25) is 0 Å². The summed E-state index contributed by atoms with van der Waals surface area (Å²) in [5.41, 5.74) is 0.852. The van der Waals surface area contributed by atoms with Gasteiger partial charge in [0.2, 0.25) is 5.91 Å². The molecule has 0 radical (unpaired) electrons. The van der Waals surface area contributed by atoms with Crippen molar-refractivity contribution in [2.24, 2.45) is 16.7 Å². The van der Waals surface area contributed by atoms with E-state index >= 15 is 0 Å². The van der Waals surface area contributed by atoms with E-state index in [1.54, 1.807) is 0 Å². The Kier molecular flexibility index (Phi) is 3.68. The topological polar surface area (TPSA) is 44.1 Å². The van der Waals surface area contributed by atoms with E-state index in [-0.39, 0.29) is 28.7 Å². The van der Waals surface area contributed by atoms with E-state index in [0.29, 0.717) is 0 Å². The molecule has 124 valence electrons. The molecule has 1 amide bonds. The molecule has 0 bridgehead atoms. The highest BCUT2D eigenvalue weighted by atomic mass is 16.2. The highest BCUT2D eigenvalue weighted by molar-refractivity contribution is 5.86. The number of fused-ring (bicyclic) bond motifs is 1. The van der Waals surface area contributed by atoms with E-state index in [9.17, 15) is 10.1 Å². The summed E-state index contributed by atoms with van der Waals surface area (Å²) in [7, 11) is 0. The second-order valence-electron chi connectivity index (χ2n) is 7.97. The number of hydrogen-bond donors (Lipinski definition) is 0. The van der Waals surface area contributed by atoms with Gasteiger partial charge in [-0.1, -0.05) is 64.1 Å². The lowest BCUT2D eigenvalue weighted by atomic mass is 10.0. The zero-order chi connectivity index (χ0) is 17.7. The molecule has 1 fully saturated rings. The Bertz CT molecular complexity index is 830. The summed E-state index contributed by atoms with van der Waals surface area (Å²) < 4.78 is 0. The molecule has 0 aliphatic heterocycles. The average molecular weight is 320 g/mol. The van der Waals surface area contributed by atoms with E-state index in [4.69, 9.17) is 0 Å². The maximum Gasteiger partial charge on any atom is 0.240 e. The third-order valence-corrected chi connectivity index (χ3v) is 6.26. The van der Waals surface area contributed by atoms with Crippen molar-refractivity contribution in [1.82, 2.24) is 4.90 Å². The Hall–Kier alpha value is -2.34. The summed E-state index contributed by atoms with van der Waals surface area (Å²) in [4.78, 5) is 14.3. The summed E-state index contributed by atoms with van der Waals surface area (Å²) >= 11 is 0. The standard InChI is InChI=1S/C21H24N2O/c1-14(16-11-10-15-8-6-7-9-17(15)12-16)23(13-22)19(24)18-20(2,3)21(18,4)5/h6-12,14,18H,1-5H3/t14-/m1/s1. The molecular formula is C21H24N2O. The molecule has 0 saturated heterocycles. The summed E-state index contributed by atoms with van der Waals surface area (Å²) in [6.07, 6.45) is 2.13. The predicted octanol–water partition coefficient (Wildman–Crippen LogP) is 4.89. The number of carbonyl (C=O) groups excluding carboxylic acids is 1. The number of benzene rings is 2. The Morgan fingerprint density at radius 1 is 1.08 bits per heavy atom. The smallest absolute Gasteiger partial charge is 0.240 e. The van der Waals surface area contributed by atoms with E-state index in [1.165, 1.54) is 4.90 Å². The van der Waals surface area contributed by atoms with E-state index < -0.39 is 0 Å². The van der Waals surface area contributed by atoms with Crippen LogP contribution in [0.4, 0.5) is 0 Å². The maximum absolute atomic E-state index is 12.9. The van der Waals surface area contributed by atoms with Crippen LogP contribution in [0.25, 0.3) is 10.8 Å². The lowest BCUT2D eigenvalue weighted by Gasteiger charge is -2.23. The van der Waals surface area contributed by atoms with Gasteiger partial charge in [-0.2, -0.15) is 5.26 Å². The van der Waals surface area contributed by atoms with E-state index in [0.717, 1.165) is 16.3 Å². The largest absolute Gasteiger partial charge is 0.273 e. The average Bonchev–Trinajstić information content (AvgIpc) is 2.96. The molecule has 2 aromatic carbocycles. The summed E-state index contributed by atoms with van der Waals surface area (Å²) in [5, 5.41) is 11.9. The second-order valence-corrected chi connectivity index (χ2v) is 7.97. The number of nitriles is 1. The van der Waals surface area contributed by atoms with E-state index in [2.05, 4.69) is 52.1 Å². The fraction of sp³-hybridized carbons (Fsp3) is 0.429. The van der Waals surface area contributed by atoms with Gasteiger partial charge >= 0.3 is 0 Å². The summed E-state index contributed by atoms with van der Waals surface area (Å²) in [6, 6.07) is 14.0. The zero-order valence-corrected chi connectivity index (χ0v) is 15.0. The molecule has 0 heterocycles. The third-order valence-electron chi connectivity index (χ3n) is 6.26. The van der Waals surface area contributed by atoms with Gasteiger partial charge in [-0.3, -0.25) is 4.79 Å². The molecule has 24 heavy (non-hydrogen) atoms. The van der Waals surface area contributed by atoms with Gasteiger partial charge in [0, 0.05) is 0 Å². The molecule has 0 unspecified atom stereocenters. The van der Waals surface area contributed by atoms with Crippen LogP contribution in [0.15, 0.2) is 42.5 Å². The first kappa shape index (κ1) is 16.5. The number of hydrogen-bond acceptors (Lipinski definition) is 2. The zero-order valence-electron chi connectivity index (χ0n) is 15.0. The Labute approximate surface area is 143 Å². The molecule has 0 spiro atoms. The van der Waals surface area contributed by atoms with Crippen LogP contribution in [0.1, 0.15) is 46.2 Å². The molecule has 3 heteroatoms. The molecule has 2 aromatic rings. The van der Waals surface area contributed by atoms with Crippen molar-refractivity contribution in [2.45, 2.75) is 40.7 Å². The highest BCUT2D eigenvalue weighted by Crippen LogP contribution is 2.69. The first-order valence-corrected chi connectivity index (χ1v) is 8.43. The Balaban J connectivity index is 1.90. The van der Waals surface area contributed by atoms with Gasteiger partial charge in [0.25, 0.3) is 0 Å². The molecular weight excluding hydrogens is 296 g/mol. The minimum Gasteiger partial charge on any atom is -0.273 e. The van der Waals surface area contributed by atoms with Crippen LogP contribution >= 0.6 is 0 Å². The van der Waals surface area contributed by atoms with Crippen LogP contribution in [-0.4, -0.2) is 10.8 Å². The lowest BCUT2D eigenvalue weighted by Crippen LogP contribution is -2.32. The van der Waals surface area contributed by atoms with Crippen LogP contribution in [-0.2, 0) is 4.79 Å². The minimum absolute atomic E-state index is 0.0619. The molecule has 1 aliphatic carbocycles. The van der Waals surface area contributed by atoms with Crippen LogP contribution in [0, 0.1) is 28.2 Å². The van der Waals surface area contributed by atoms with Gasteiger partial charge in [-0.15, -0.1) is 0 Å². The van der Waals surface area contributed by atoms with Crippen LogP contribution in [0.3, 0.4) is 0 Å². The van der Waals surface area contributed by atoms with Crippen LogP contribution in [0.5, 0.6) is 0 Å². The van der Waals surface area contributed by atoms with Crippen molar-refractivity contribution in [2.75, 3.05) is 0 Å². The van der Waals surface area contributed by atoms with Gasteiger partial charge in [-0.25, -0.2) is 4.90 Å². The summed E-state index contributed by atoms with van der Waals surface area (Å²) in [6.45, 7) is 10.3. The van der Waals surface area contributed by atoms with E-state index in [1.807, 2.05) is 31.2 Å². The monoisotopic (exact) mass is 320 g/mol. The highest BCUT2D eigenvalue weighted by Gasteiger charge is 2.69. The fourth-order valence-corrected chi connectivity index (χ4v) is 3.90. The van der Waals surface area contributed by atoms with Gasteiger partial charge in [0.1, 0.15) is 0 Å². The molecule has 1 saturated carbocycles. The predicted molar refractivity (Wildman–Crippen MR) is 95.9 cm³/mol. The first-order chi connectivity index (χ1) is 11.2. The normalized spacial score (nSPS) is 19.5. The summed E-state index contributed by atoms with van der Waals surface area (Å²) in [5.74, 6) is -0.166. The maximum atomic E-state index is 12.9. The van der Waals surface area contributed by atoms with Gasteiger partial charge in [0.05, 0.1) is 12.0 Å². The van der Waals surface area contributed by atoms with Crippen molar-refractivity contribution >= 4 is 16.7 Å². The van der Waals surface area contributed by atoms with Gasteiger partial charge in [-0.05, 0) is 40.2 Å². The van der Waals surface area contributed by atoms with Crippen molar-refractivity contribution in [3.8, 4) is 6.19 Å². The number of amides is 1. The molecule has 3 rings (SSSR count). The lowest BCUT2D eigenvalue weighted by molar-refractivity contribution is -0.132. The molecule has 1 aliphatic rings. The van der Waals surface area contributed by atoms with Crippen molar-refractivity contribution in [3.05, 3.63) is 48.0 Å². The van der Waals surface area contributed by atoms with Crippen molar-refractivity contribution in [3.63, 3.8) is 0 Å². The molecule has 3 nitrogen and oxygen atoms in total. The van der Waals surface area contributed by atoms with Crippen molar-refractivity contribution in [1.29, 1.82) is 5.26 Å². The van der Waals surface area contributed by atoms with Gasteiger partial charge < -0.3 is 0 Å². The number of rotatable bonds is 3. The number of nitrogens with zero attached hydrogens (tertiary/aromatic N) is 2. The minimum atomic E-state index is -0.265. The third kappa shape index (κ3) is 2.29. The SMILES string of the molecule is C[C@H](c1ccc2ccccc2c1)N(C#N)C(=O)C1C(C)(C)C1(C)C. The van der Waals surface area contributed by atoms with Gasteiger partial charge in [0.15, 0.2) is 6.19 Å². The Morgan fingerprint density at radius 3 is 2.21 bits per heavy atom. The van der Waals surface area contributed by atoms with Crippen LogP contribution < -0.4 is 0 Å². The number of carbonyl (C=O) groups is 1. The van der Waals surface area contributed by atoms with Crippen molar-refractivity contribution < 1.29 is 4.79 Å². The quantitative estimate of drug-likeness (QED) is 0.597. The second kappa shape index (κ2) is 5.34. The molecule has 0 N–H and O–H groups in total. The Morgan fingerprint density at radius 2 is 1.67 bits per heavy atom. The fourth-order valence-electron chi connectivity index (χ4n) is 3.90.